The van der Waals surface area contributed by atoms with Crippen molar-refractivity contribution in [1.29, 1.82) is 0 Å². The Kier molecular flexibility index (Phi) is 3.56. The van der Waals surface area contributed by atoms with Gasteiger partial charge in [-0.2, -0.15) is 0 Å². The van der Waals surface area contributed by atoms with Crippen LogP contribution in [0.3, 0.4) is 0 Å². The Bertz CT molecular complexity index is 444. The summed E-state index contributed by atoms with van der Waals surface area (Å²) in [7, 11) is 0. The maximum atomic E-state index is 5.54. The molecule has 15 heavy (non-hydrogen) atoms. The first-order chi connectivity index (χ1) is 7.40. The molecule has 2 aromatic rings. The Morgan fingerprint density at radius 3 is 2.73 bits per heavy atom. The average Bonchev–Trinajstić information content (AvgIpc) is 2.29. The normalized spacial score (nSPS) is 10.5. The molecule has 1 heterocycles. The number of halogens is 1. The fraction of sp³-hybridized carbons (Fsp3) is 0.250. The van der Waals surface area contributed by atoms with Gasteiger partial charge in [-0.3, -0.25) is 4.84 Å². The van der Waals surface area contributed by atoms with Gasteiger partial charge >= 0.3 is 0 Å². The molecule has 0 aliphatic heterocycles. The molecule has 0 spiro atoms. The second-order valence-electron chi connectivity index (χ2n) is 3.31. The first-order valence-electron chi connectivity index (χ1n) is 4.99. The molecule has 2 nitrogen and oxygen atoms in total. The number of fused-ring (bicyclic) bond motifs is 1. The number of hydrogen-bond acceptors (Lipinski definition) is 1. The van der Waals surface area contributed by atoms with Crippen molar-refractivity contribution in [3.63, 3.8) is 0 Å². The number of hydrogen-bond donors (Lipinski definition) is 0. The SMILES string of the molecule is BrCCCO[n+]1ccc2ccccc2c1. The maximum Gasteiger partial charge on any atom is 0.230 e. The molecular weight excluding hydrogens is 254 g/mol. The van der Waals surface area contributed by atoms with Gasteiger partial charge in [-0.05, 0) is 17.9 Å². The molecule has 0 fully saturated rings. The van der Waals surface area contributed by atoms with E-state index in [4.69, 9.17) is 4.84 Å². The highest BCUT2D eigenvalue weighted by molar-refractivity contribution is 9.09. The standard InChI is InChI=1S/C12H13BrNO/c13-7-3-9-15-14-8-6-11-4-1-2-5-12(11)10-14/h1-2,4-6,8,10H,3,7,9H2/q+1. The summed E-state index contributed by atoms with van der Waals surface area (Å²) in [6.07, 6.45) is 4.96. The number of pyridine rings is 1. The summed E-state index contributed by atoms with van der Waals surface area (Å²) in [5.74, 6) is 0. The van der Waals surface area contributed by atoms with E-state index in [-0.39, 0.29) is 0 Å². The third-order valence-electron chi connectivity index (χ3n) is 2.18. The van der Waals surface area contributed by atoms with Crippen LogP contribution in [0.25, 0.3) is 10.8 Å². The van der Waals surface area contributed by atoms with Gasteiger partial charge in [0.25, 0.3) is 0 Å². The van der Waals surface area contributed by atoms with Gasteiger partial charge in [-0.15, -0.1) is 0 Å². The van der Waals surface area contributed by atoms with Crippen molar-refractivity contribution in [2.75, 3.05) is 11.9 Å². The van der Waals surface area contributed by atoms with E-state index >= 15 is 0 Å². The first-order valence-corrected chi connectivity index (χ1v) is 6.11. The second-order valence-corrected chi connectivity index (χ2v) is 4.10. The molecule has 0 saturated heterocycles. The third kappa shape index (κ3) is 2.69. The lowest BCUT2D eigenvalue weighted by Gasteiger charge is -1.98. The molecule has 0 amide bonds. The van der Waals surface area contributed by atoms with Crippen LogP contribution < -0.4 is 9.57 Å². The fourth-order valence-electron chi connectivity index (χ4n) is 1.42. The van der Waals surface area contributed by atoms with Gasteiger partial charge in [-0.1, -0.05) is 34.1 Å². The van der Waals surface area contributed by atoms with Crippen LogP contribution >= 0.6 is 15.9 Å². The van der Waals surface area contributed by atoms with Gasteiger partial charge in [-0.25, -0.2) is 0 Å². The predicted octanol–water partition coefficient (Wildman–Crippen LogP) is 2.34. The summed E-state index contributed by atoms with van der Waals surface area (Å²) in [6, 6.07) is 10.3. The van der Waals surface area contributed by atoms with Crippen LogP contribution in [0.1, 0.15) is 6.42 Å². The Morgan fingerprint density at radius 2 is 1.93 bits per heavy atom. The number of rotatable bonds is 4. The molecule has 0 saturated carbocycles. The molecule has 0 radical (unpaired) electrons. The molecule has 2 rings (SSSR count). The van der Waals surface area contributed by atoms with Crippen molar-refractivity contribution in [1.82, 2.24) is 0 Å². The van der Waals surface area contributed by atoms with Crippen LogP contribution in [0.4, 0.5) is 0 Å². The van der Waals surface area contributed by atoms with E-state index < -0.39 is 0 Å². The average molecular weight is 267 g/mol. The highest BCUT2D eigenvalue weighted by atomic mass is 79.9. The first kappa shape index (κ1) is 10.4. The van der Waals surface area contributed by atoms with Crippen LogP contribution in [-0.4, -0.2) is 11.9 Å². The van der Waals surface area contributed by atoms with Crippen molar-refractivity contribution in [2.24, 2.45) is 0 Å². The van der Waals surface area contributed by atoms with Crippen molar-refractivity contribution < 1.29 is 9.57 Å². The summed E-state index contributed by atoms with van der Waals surface area (Å²) in [5.41, 5.74) is 0. The third-order valence-corrected chi connectivity index (χ3v) is 2.74. The van der Waals surface area contributed by atoms with E-state index in [0.29, 0.717) is 0 Å². The number of aromatic nitrogens is 1. The van der Waals surface area contributed by atoms with Gasteiger partial charge < -0.3 is 0 Å². The van der Waals surface area contributed by atoms with Crippen LogP contribution in [-0.2, 0) is 0 Å². The Hall–Kier alpha value is -1.09. The van der Waals surface area contributed by atoms with Gasteiger partial charge in [0.2, 0.25) is 12.4 Å². The zero-order valence-corrected chi connectivity index (χ0v) is 9.98. The minimum Gasteiger partial charge on any atom is -0.271 e. The van der Waals surface area contributed by atoms with Gasteiger partial charge in [0.15, 0.2) is 6.61 Å². The van der Waals surface area contributed by atoms with Crippen LogP contribution in [0.15, 0.2) is 42.7 Å². The zero-order valence-electron chi connectivity index (χ0n) is 8.40. The predicted molar refractivity (Wildman–Crippen MR) is 64.0 cm³/mol. The van der Waals surface area contributed by atoms with Crippen LogP contribution in [0, 0.1) is 0 Å². The minimum absolute atomic E-state index is 0.730. The summed E-state index contributed by atoms with van der Waals surface area (Å²) in [5, 5.41) is 3.40. The van der Waals surface area contributed by atoms with E-state index in [9.17, 15) is 0 Å². The second kappa shape index (κ2) is 5.12. The molecule has 0 aliphatic rings. The van der Waals surface area contributed by atoms with Crippen molar-refractivity contribution in [3.05, 3.63) is 42.7 Å². The van der Waals surface area contributed by atoms with E-state index in [1.807, 2.05) is 24.5 Å². The molecular formula is C12H13BrNO+. The highest BCUT2D eigenvalue weighted by Crippen LogP contribution is 2.09. The van der Waals surface area contributed by atoms with Crippen LogP contribution in [0.5, 0.6) is 0 Å². The molecule has 3 heteroatoms. The smallest absolute Gasteiger partial charge is 0.230 e. The van der Waals surface area contributed by atoms with Crippen LogP contribution in [0.2, 0.25) is 0 Å². The van der Waals surface area contributed by atoms with Crippen molar-refractivity contribution >= 4 is 26.7 Å². The summed E-state index contributed by atoms with van der Waals surface area (Å²) in [6.45, 7) is 0.730. The van der Waals surface area contributed by atoms with Gasteiger partial charge in [0, 0.05) is 16.1 Å². The topological polar surface area (TPSA) is 13.1 Å². The highest BCUT2D eigenvalue weighted by Gasteiger charge is 2.02. The minimum atomic E-state index is 0.730. The van der Waals surface area contributed by atoms with E-state index in [1.54, 1.807) is 4.73 Å². The molecule has 1 aromatic carbocycles. The van der Waals surface area contributed by atoms with E-state index in [2.05, 4.69) is 34.1 Å². The molecule has 0 aliphatic carbocycles. The van der Waals surface area contributed by atoms with Gasteiger partial charge in [0.05, 0.1) is 5.39 Å². The lowest BCUT2D eigenvalue weighted by atomic mass is 10.2. The molecule has 0 atom stereocenters. The van der Waals surface area contributed by atoms with Crippen molar-refractivity contribution in [3.8, 4) is 0 Å². The van der Waals surface area contributed by atoms with E-state index in [0.717, 1.165) is 18.4 Å². The summed E-state index contributed by atoms with van der Waals surface area (Å²) in [4.78, 5) is 5.54. The Balaban J connectivity index is 2.16. The lowest BCUT2D eigenvalue weighted by Crippen LogP contribution is -2.42. The fourth-order valence-corrected chi connectivity index (χ4v) is 1.65. The Labute approximate surface area is 97.6 Å². The monoisotopic (exact) mass is 266 g/mol. The Morgan fingerprint density at radius 1 is 1.13 bits per heavy atom. The van der Waals surface area contributed by atoms with E-state index in [1.165, 1.54) is 10.8 Å². The number of alkyl halides is 1. The quantitative estimate of drug-likeness (QED) is 0.471. The molecule has 0 N–H and O–H groups in total. The largest absolute Gasteiger partial charge is 0.271 e. The lowest BCUT2D eigenvalue weighted by molar-refractivity contribution is -0.890. The maximum absolute atomic E-state index is 5.54. The molecule has 0 bridgehead atoms. The number of benzene rings is 1. The molecule has 1 aromatic heterocycles. The molecule has 0 unspecified atom stereocenters. The van der Waals surface area contributed by atoms with Crippen molar-refractivity contribution in [2.45, 2.75) is 6.42 Å². The molecule has 78 valence electrons. The zero-order chi connectivity index (χ0) is 10.5. The summed E-state index contributed by atoms with van der Waals surface area (Å²) >= 11 is 3.37. The summed E-state index contributed by atoms with van der Waals surface area (Å²) < 4.78 is 1.77. The van der Waals surface area contributed by atoms with Gasteiger partial charge in [0.1, 0.15) is 0 Å². The number of nitrogens with zero attached hydrogens (tertiary/aromatic N) is 1.